The number of halogens is 1. The van der Waals surface area contributed by atoms with Gasteiger partial charge in [-0.25, -0.2) is 4.98 Å². The van der Waals surface area contributed by atoms with Crippen LogP contribution in [0, 0.1) is 6.92 Å². The third-order valence-electron chi connectivity index (χ3n) is 1.53. The molecule has 1 aromatic heterocycles. The molecule has 0 unspecified atom stereocenters. The van der Waals surface area contributed by atoms with Crippen LogP contribution >= 0.6 is 15.9 Å². The van der Waals surface area contributed by atoms with E-state index in [9.17, 15) is 0 Å². The Labute approximate surface area is 75.2 Å². The normalized spacial score (nSPS) is 10.1. The summed E-state index contributed by atoms with van der Waals surface area (Å²) in [5.74, 6) is 0. The Kier molecular flexibility index (Phi) is 3.02. The fourth-order valence-corrected chi connectivity index (χ4v) is 1.33. The van der Waals surface area contributed by atoms with Crippen molar-refractivity contribution in [3.05, 3.63) is 28.0 Å². The van der Waals surface area contributed by atoms with Gasteiger partial charge in [0, 0.05) is 12.2 Å². The minimum Gasteiger partial charge on any atom is -0.316 e. The highest BCUT2D eigenvalue weighted by atomic mass is 79.9. The number of hydrogen-bond acceptors (Lipinski definition) is 2. The molecule has 3 heteroatoms. The number of pyridine rings is 1. The number of aryl methyl sites for hydroxylation is 1. The Morgan fingerprint density at radius 1 is 1.55 bits per heavy atom. The zero-order valence-corrected chi connectivity index (χ0v) is 8.27. The second-order valence-electron chi connectivity index (χ2n) is 2.41. The standard InChI is InChI=1S/C8H11BrN2/c1-6-7(5-10-2)3-4-8(9)11-6/h3-4,10H,5H2,1-2H3. The Balaban J connectivity index is 2.90. The first kappa shape index (κ1) is 8.68. The number of rotatable bonds is 2. The van der Waals surface area contributed by atoms with Crippen molar-refractivity contribution in [3.63, 3.8) is 0 Å². The van der Waals surface area contributed by atoms with Gasteiger partial charge in [-0.15, -0.1) is 0 Å². The lowest BCUT2D eigenvalue weighted by Crippen LogP contribution is -2.07. The fraction of sp³-hybridized carbons (Fsp3) is 0.375. The second-order valence-corrected chi connectivity index (χ2v) is 3.22. The van der Waals surface area contributed by atoms with Crippen molar-refractivity contribution in [2.75, 3.05) is 7.05 Å². The molecule has 0 aliphatic rings. The number of nitrogens with one attached hydrogen (secondary N) is 1. The lowest BCUT2D eigenvalue weighted by molar-refractivity contribution is 0.803. The minimum atomic E-state index is 0.881. The molecule has 1 N–H and O–H groups in total. The molecule has 1 rings (SSSR count). The summed E-state index contributed by atoms with van der Waals surface area (Å²) in [5, 5.41) is 3.09. The van der Waals surface area contributed by atoms with Gasteiger partial charge >= 0.3 is 0 Å². The van der Waals surface area contributed by atoms with E-state index in [1.54, 1.807) is 0 Å². The molecule has 1 aromatic rings. The molecule has 0 radical (unpaired) electrons. The average molecular weight is 215 g/mol. The second kappa shape index (κ2) is 3.83. The van der Waals surface area contributed by atoms with E-state index in [1.807, 2.05) is 20.0 Å². The van der Waals surface area contributed by atoms with Crippen LogP contribution in [0.15, 0.2) is 16.7 Å². The smallest absolute Gasteiger partial charge is 0.106 e. The molecule has 1 heterocycles. The highest BCUT2D eigenvalue weighted by Gasteiger charge is 1.97. The summed E-state index contributed by atoms with van der Waals surface area (Å²) < 4.78 is 0.898. The summed E-state index contributed by atoms with van der Waals surface area (Å²) in [7, 11) is 1.93. The average Bonchev–Trinajstić information content (AvgIpc) is 1.95. The Morgan fingerprint density at radius 2 is 2.27 bits per heavy atom. The van der Waals surface area contributed by atoms with Crippen LogP contribution in [0.2, 0.25) is 0 Å². The predicted octanol–water partition coefficient (Wildman–Crippen LogP) is 1.87. The van der Waals surface area contributed by atoms with Crippen LogP contribution in [0.5, 0.6) is 0 Å². The zero-order valence-electron chi connectivity index (χ0n) is 6.69. The molecule has 0 saturated heterocycles. The summed E-state index contributed by atoms with van der Waals surface area (Å²) in [4.78, 5) is 4.27. The minimum absolute atomic E-state index is 0.881. The van der Waals surface area contributed by atoms with Crippen LogP contribution in [0.4, 0.5) is 0 Å². The lowest BCUT2D eigenvalue weighted by atomic mass is 10.2. The number of aromatic nitrogens is 1. The van der Waals surface area contributed by atoms with Crippen LogP contribution < -0.4 is 5.32 Å². The van der Waals surface area contributed by atoms with Gasteiger partial charge in [0.25, 0.3) is 0 Å². The topological polar surface area (TPSA) is 24.9 Å². The van der Waals surface area contributed by atoms with Crippen molar-refractivity contribution in [3.8, 4) is 0 Å². The molecule has 0 aromatic carbocycles. The Bertz CT molecular complexity index is 248. The maximum absolute atomic E-state index is 4.27. The van der Waals surface area contributed by atoms with Crippen molar-refractivity contribution in [2.45, 2.75) is 13.5 Å². The van der Waals surface area contributed by atoms with Gasteiger partial charge in [-0.2, -0.15) is 0 Å². The molecule has 0 saturated carbocycles. The van der Waals surface area contributed by atoms with Gasteiger partial charge in [0.2, 0.25) is 0 Å². The van der Waals surface area contributed by atoms with Gasteiger partial charge in [-0.1, -0.05) is 6.07 Å². The Morgan fingerprint density at radius 3 is 2.82 bits per heavy atom. The summed E-state index contributed by atoms with van der Waals surface area (Å²) in [6, 6.07) is 4.03. The van der Waals surface area contributed by atoms with E-state index in [4.69, 9.17) is 0 Å². The molecule has 60 valence electrons. The van der Waals surface area contributed by atoms with E-state index in [-0.39, 0.29) is 0 Å². The van der Waals surface area contributed by atoms with Crippen molar-refractivity contribution in [2.24, 2.45) is 0 Å². The first-order valence-electron chi connectivity index (χ1n) is 3.50. The van der Waals surface area contributed by atoms with Gasteiger partial charge in [-0.3, -0.25) is 0 Å². The molecule has 11 heavy (non-hydrogen) atoms. The van der Waals surface area contributed by atoms with E-state index in [0.717, 1.165) is 16.8 Å². The highest BCUT2D eigenvalue weighted by molar-refractivity contribution is 9.10. The van der Waals surface area contributed by atoms with E-state index < -0.39 is 0 Å². The maximum atomic E-state index is 4.27. The molecule has 0 aliphatic heterocycles. The van der Waals surface area contributed by atoms with Crippen LogP contribution in [0.1, 0.15) is 11.3 Å². The van der Waals surface area contributed by atoms with E-state index in [2.05, 4.69) is 32.3 Å². The van der Waals surface area contributed by atoms with Crippen molar-refractivity contribution in [1.29, 1.82) is 0 Å². The quantitative estimate of drug-likeness (QED) is 0.761. The molecule has 0 amide bonds. The van der Waals surface area contributed by atoms with Gasteiger partial charge in [-0.05, 0) is 41.5 Å². The first-order chi connectivity index (χ1) is 5.24. The molecule has 0 fully saturated rings. The molecule has 0 bridgehead atoms. The van der Waals surface area contributed by atoms with Crippen LogP contribution in [0.3, 0.4) is 0 Å². The predicted molar refractivity (Wildman–Crippen MR) is 49.4 cm³/mol. The summed E-state index contributed by atoms with van der Waals surface area (Å²) in [5.41, 5.74) is 2.32. The first-order valence-corrected chi connectivity index (χ1v) is 4.30. The zero-order chi connectivity index (χ0) is 8.27. The number of hydrogen-bond donors (Lipinski definition) is 1. The summed E-state index contributed by atoms with van der Waals surface area (Å²) in [6.07, 6.45) is 0. The summed E-state index contributed by atoms with van der Waals surface area (Å²) >= 11 is 3.32. The SMILES string of the molecule is CNCc1ccc(Br)nc1C. The van der Waals surface area contributed by atoms with Crippen LogP contribution in [-0.2, 0) is 6.54 Å². The number of nitrogens with zero attached hydrogens (tertiary/aromatic N) is 1. The molecular weight excluding hydrogens is 204 g/mol. The fourth-order valence-electron chi connectivity index (χ4n) is 0.937. The van der Waals surface area contributed by atoms with Gasteiger partial charge in [0.1, 0.15) is 4.60 Å². The molecular formula is C8H11BrN2. The van der Waals surface area contributed by atoms with E-state index in [1.165, 1.54) is 5.56 Å². The van der Waals surface area contributed by atoms with Gasteiger partial charge in [0.05, 0.1) is 0 Å². The van der Waals surface area contributed by atoms with Crippen molar-refractivity contribution in [1.82, 2.24) is 10.3 Å². The van der Waals surface area contributed by atoms with E-state index >= 15 is 0 Å². The molecule has 0 spiro atoms. The largest absolute Gasteiger partial charge is 0.316 e. The molecule has 0 aliphatic carbocycles. The highest BCUT2D eigenvalue weighted by Crippen LogP contribution is 2.10. The van der Waals surface area contributed by atoms with E-state index in [0.29, 0.717) is 0 Å². The monoisotopic (exact) mass is 214 g/mol. The van der Waals surface area contributed by atoms with Gasteiger partial charge in [0.15, 0.2) is 0 Å². The third kappa shape index (κ3) is 2.27. The molecule has 2 nitrogen and oxygen atoms in total. The molecule has 0 atom stereocenters. The third-order valence-corrected chi connectivity index (χ3v) is 1.97. The van der Waals surface area contributed by atoms with Crippen molar-refractivity contribution < 1.29 is 0 Å². The van der Waals surface area contributed by atoms with Crippen molar-refractivity contribution >= 4 is 15.9 Å². The van der Waals surface area contributed by atoms with Gasteiger partial charge < -0.3 is 5.32 Å². The van der Waals surface area contributed by atoms with Crippen LogP contribution in [-0.4, -0.2) is 12.0 Å². The Hall–Kier alpha value is -0.410. The maximum Gasteiger partial charge on any atom is 0.106 e. The summed E-state index contributed by atoms with van der Waals surface area (Å²) in [6.45, 7) is 2.89. The lowest BCUT2D eigenvalue weighted by Gasteiger charge is -2.03. The van der Waals surface area contributed by atoms with Crippen LogP contribution in [0.25, 0.3) is 0 Å².